The fourth-order valence-corrected chi connectivity index (χ4v) is 10.4. The van der Waals surface area contributed by atoms with Gasteiger partial charge in [0.05, 0.1) is 19.5 Å². The molecule has 1 saturated heterocycles. The molecule has 3 rings (SSSR count). The van der Waals surface area contributed by atoms with Crippen molar-refractivity contribution in [2.24, 2.45) is 5.41 Å². The molecule has 0 spiro atoms. The number of phosphoric acid groups is 3. The van der Waals surface area contributed by atoms with Crippen LogP contribution in [0.2, 0.25) is 0 Å². The van der Waals surface area contributed by atoms with Crippen LogP contribution in [0.3, 0.4) is 0 Å². The van der Waals surface area contributed by atoms with Crippen LogP contribution in [-0.2, 0) is 50.7 Å². The predicted octanol–water partition coefficient (Wildman–Crippen LogP) is 5.81. The average molecular weight is 1080 g/mol. The Morgan fingerprint density at radius 2 is 1.48 bits per heavy atom. The maximum Gasteiger partial charge on any atom is 0.481 e. The molecule has 402 valence electrons. The van der Waals surface area contributed by atoms with E-state index in [1.165, 1.54) is 39.5 Å². The van der Waals surface area contributed by atoms with Crippen molar-refractivity contribution >= 4 is 69.1 Å². The maximum atomic E-state index is 12.8. The van der Waals surface area contributed by atoms with Crippen LogP contribution in [0.1, 0.15) is 123 Å². The fourth-order valence-electron chi connectivity index (χ4n) is 6.90. The van der Waals surface area contributed by atoms with E-state index in [9.17, 15) is 57.9 Å². The Morgan fingerprint density at radius 3 is 2.14 bits per heavy atom. The molecular formula is C43H72N7O17P3S. The molecule has 3 heterocycles. The SMILES string of the molecule is CCCCC/C=C\C/C=C\C/C=C\CCCCCCCCC(=O)SCCNC(=O)CCNC(=O)[C@H](O)C(C)(C)COP(=O)(O)OP(=O)(O)OC[C@@H]1O[C@H](n2cnc3c(N)ncnc32)[C@H](O)[C@@H]1OP(=O)(O)O. The van der Waals surface area contributed by atoms with Crippen LogP contribution in [-0.4, -0.2) is 123 Å². The number of anilines is 1. The second kappa shape index (κ2) is 31.5. The van der Waals surface area contributed by atoms with Gasteiger partial charge in [0.15, 0.2) is 22.8 Å². The summed E-state index contributed by atoms with van der Waals surface area (Å²) in [6.45, 7) is 2.77. The molecule has 1 aliphatic heterocycles. The Morgan fingerprint density at radius 1 is 0.859 bits per heavy atom. The number of aliphatic hydroxyl groups excluding tert-OH is 2. The molecule has 2 amide bonds. The maximum absolute atomic E-state index is 12.8. The van der Waals surface area contributed by atoms with Gasteiger partial charge in [-0.25, -0.2) is 28.6 Å². The van der Waals surface area contributed by atoms with E-state index in [0.717, 1.165) is 86.8 Å². The van der Waals surface area contributed by atoms with E-state index < -0.39 is 84.6 Å². The minimum atomic E-state index is -5.58. The third-order valence-corrected chi connectivity index (χ3v) is 14.8. The van der Waals surface area contributed by atoms with Gasteiger partial charge in [0.2, 0.25) is 11.8 Å². The number of ether oxygens (including phenoxy) is 1. The van der Waals surface area contributed by atoms with Crippen molar-refractivity contribution < 1.29 is 80.5 Å². The van der Waals surface area contributed by atoms with Crippen molar-refractivity contribution in [3.63, 3.8) is 0 Å². The predicted molar refractivity (Wildman–Crippen MR) is 265 cm³/mol. The van der Waals surface area contributed by atoms with Crippen molar-refractivity contribution in [3.8, 4) is 0 Å². The number of allylic oxidation sites excluding steroid dienone is 6. The molecule has 1 aliphatic rings. The first-order valence-corrected chi connectivity index (χ1v) is 29.1. The second-order valence-corrected chi connectivity index (χ2v) is 22.7. The van der Waals surface area contributed by atoms with Gasteiger partial charge in [-0.15, -0.1) is 0 Å². The highest BCUT2D eigenvalue weighted by atomic mass is 32.2. The summed E-state index contributed by atoms with van der Waals surface area (Å²) in [5.74, 6) is -1.04. The molecule has 24 nitrogen and oxygen atoms in total. The molecule has 1 fully saturated rings. The topological polar surface area (TPSA) is 364 Å². The minimum absolute atomic E-state index is 0.0321. The number of thioether (sulfide) groups is 1. The van der Waals surface area contributed by atoms with Gasteiger partial charge in [-0.2, -0.15) is 4.31 Å². The molecule has 0 bridgehead atoms. The van der Waals surface area contributed by atoms with Crippen molar-refractivity contribution in [1.82, 2.24) is 30.2 Å². The normalized spacial score (nSPS) is 20.0. The number of nitrogens with one attached hydrogen (secondary N) is 2. The van der Waals surface area contributed by atoms with E-state index in [1.807, 2.05) is 0 Å². The van der Waals surface area contributed by atoms with Crippen LogP contribution in [0.15, 0.2) is 49.1 Å². The fraction of sp³-hybridized carbons (Fsp3) is 0.674. The van der Waals surface area contributed by atoms with Crippen LogP contribution in [0, 0.1) is 5.41 Å². The van der Waals surface area contributed by atoms with Gasteiger partial charge < -0.3 is 50.9 Å². The van der Waals surface area contributed by atoms with Gasteiger partial charge in [0.1, 0.15) is 36.3 Å². The van der Waals surface area contributed by atoms with Gasteiger partial charge in [-0.1, -0.05) is 108 Å². The van der Waals surface area contributed by atoms with E-state index in [1.54, 1.807) is 0 Å². The minimum Gasteiger partial charge on any atom is -0.386 e. The highest BCUT2D eigenvalue weighted by Gasteiger charge is 2.50. The number of rotatable bonds is 36. The van der Waals surface area contributed by atoms with Crippen molar-refractivity contribution in [2.75, 3.05) is 37.8 Å². The summed E-state index contributed by atoms with van der Waals surface area (Å²) in [6, 6.07) is 0. The van der Waals surface area contributed by atoms with Crippen LogP contribution in [0.4, 0.5) is 5.82 Å². The lowest BCUT2D eigenvalue weighted by atomic mass is 9.87. The average Bonchev–Trinajstić information content (AvgIpc) is 3.86. The number of phosphoric ester groups is 3. The highest BCUT2D eigenvalue weighted by molar-refractivity contribution is 8.13. The van der Waals surface area contributed by atoms with E-state index in [0.29, 0.717) is 12.2 Å². The number of amides is 2. The number of carbonyl (C=O) groups excluding carboxylic acids is 3. The third-order valence-electron chi connectivity index (χ3n) is 10.8. The summed E-state index contributed by atoms with van der Waals surface area (Å²) in [5, 5.41) is 26.7. The Kier molecular flexibility index (Phi) is 27.5. The van der Waals surface area contributed by atoms with Crippen LogP contribution in [0.25, 0.3) is 11.2 Å². The lowest BCUT2D eigenvalue weighted by Crippen LogP contribution is -2.46. The number of aliphatic hydroxyl groups is 2. The zero-order chi connectivity index (χ0) is 52.5. The van der Waals surface area contributed by atoms with Gasteiger partial charge in [-0.3, -0.25) is 32.5 Å². The molecule has 0 radical (unpaired) electrons. The van der Waals surface area contributed by atoms with E-state index >= 15 is 0 Å². The van der Waals surface area contributed by atoms with Crippen molar-refractivity contribution in [1.29, 1.82) is 0 Å². The number of carbonyl (C=O) groups is 3. The summed E-state index contributed by atoms with van der Waals surface area (Å²) >= 11 is 1.14. The smallest absolute Gasteiger partial charge is 0.386 e. The highest BCUT2D eigenvalue weighted by Crippen LogP contribution is 2.61. The quantitative estimate of drug-likeness (QED) is 0.0221. The summed E-state index contributed by atoms with van der Waals surface area (Å²) in [4.78, 5) is 88.5. The Balaban J connectivity index is 1.26. The lowest BCUT2D eigenvalue weighted by Gasteiger charge is -2.30. The first-order valence-electron chi connectivity index (χ1n) is 23.6. The molecule has 71 heavy (non-hydrogen) atoms. The molecule has 7 atom stereocenters. The monoisotopic (exact) mass is 1080 g/mol. The third kappa shape index (κ3) is 24.1. The van der Waals surface area contributed by atoms with E-state index in [2.05, 4.69) is 77.8 Å². The van der Waals surface area contributed by atoms with Crippen molar-refractivity contribution in [3.05, 3.63) is 49.1 Å². The van der Waals surface area contributed by atoms with Gasteiger partial charge in [0.25, 0.3) is 0 Å². The number of unbranched alkanes of at least 4 members (excludes halogenated alkanes) is 9. The summed E-state index contributed by atoms with van der Waals surface area (Å²) in [5.41, 5.74) is 4.28. The molecular weight excluding hydrogens is 1010 g/mol. The molecule has 2 unspecified atom stereocenters. The zero-order valence-electron chi connectivity index (χ0n) is 40.4. The first kappa shape index (κ1) is 62.1. The number of aromatic nitrogens is 4. The van der Waals surface area contributed by atoms with Crippen LogP contribution < -0.4 is 16.4 Å². The second-order valence-electron chi connectivity index (χ2n) is 17.3. The standard InChI is InChI=1S/C43H72N7O17P3S/c1-4-5-6-7-8-9-10-11-12-13-14-15-16-17-18-19-20-21-22-23-34(52)71-27-26-45-33(51)24-25-46-41(55)38(54)43(2,3)29-64-70(61,62)67-69(59,60)63-28-32-37(66-68(56,57)58)36(53)42(65-32)50-31-49-35-39(44)47-30-48-40(35)50/h8-9,11-12,14-15,30-32,36-38,42,53-54H,4-7,10,13,16-29H2,1-3H3,(H,45,51)(H,46,55)(H,59,60)(H,61,62)(H2,44,47,48)(H2,56,57,58)/b9-8-,12-11-,15-14-/t32-,36+,37+,38-,42-/m0/s1. The molecule has 10 N–H and O–H groups in total. The Bertz CT molecular complexity index is 2210. The molecule has 0 aromatic carbocycles. The lowest BCUT2D eigenvalue weighted by molar-refractivity contribution is -0.137. The first-order chi connectivity index (χ1) is 33.6. The number of hydrogen-bond donors (Lipinski definition) is 9. The van der Waals surface area contributed by atoms with Gasteiger partial charge in [0, 0.05) is 37.1 Å². The Hall–Kier alpha value is -3.22. The molecule has 2 aromatic heterocycles. The van der Waals surface area contributed by atoms with E-state index in [-0.39, 0.29) is 41.6 Å². The number of nitrogens with zero attached hydrogens (tertiary/aromatic N) is 4. The molecule has 0 saturated carbocycles. The summed E-state index contributed by atoms with van der Waals surface area (Å²) in [6.07, 6.45) is 21.3. The van der Waals surface area contributed by atoms with Crippen LogP contribution in [0.5, 0.6) is 0 Å². The molecule has 2 aromatic rings. The van der Waals surface area contributed by atoms with Crippen molar-refractivity contribution in [2.45, 2.75) is 148 Å². The van der Waals surface area contributed by atoms with Gasteiger partial charge >= 0.3 is 23.5 Å². The summed E-state index contributed by atoms with van der Waals surface area (Å²) < 4.78 is 62.5. The number of fused-ring (bicyclic) bond motifs is 1. The van der Waals surface area contributed by atoms with Crippen LogP contribution >= 0.6 is 35.2 Å². The summed E-state index contributed by atoms with van der Waals surface area (Å²) in [7, 11) is -16.4. The molecule has 0 aliphatic carbocycles. The number of hydrogen-bond acceptors (Lipinski definition) is 18. The molecule has 28 heteroatoms. The largest absolute Gasteiger partial charge is 0.481 e. The zero-order valence-corrected chi connectivity index (χ0v) is 43.9. The van der Waals surface area contributed by atoms with E-state index in [4.69, 9.17) is 19.5 Å². The van der Waals surface area contributed by atoms with Gasteiger partial charge in [-0.05, 0) is 44.9 Å². The number of nitrogens with two attached hydrogens (primary N) is 1. The number of nitrogen functional groups attached to an aromatic ring is 1. The number of imidazole rings is 1. The Labute approximate surface area is 418 Å².